The maximum absolute atomic E-state index is 13.3. The summed E-state index contributed by atoms with van der Waals surface area (Å²) < 4.78 is 24.4. The quantitative estimate of drug-likeness (QED) is 0.432. The Morgan fingerprint density at radius 2 is 1.97 bits per heavy atom. The van der Waals surface area contributed by atoms with E-state index < -0.39 is 5.97 Å². The van der Waals surface area contributed by atoms with Crippen molar-refractivity contribution in [3.05, 3.63) is 47.4 Å². The fraction of sp³-hybridized carbons (Fsp3) is 0.435. The van der Waals surface area contributed by atoms with Crippen molar-refractivity contribution in [3.8, 4) is 5.75 Å². The van der Waals surface area contributed by atoms with E-state index in [9.17, 15) is 9.18 Å². The molecule has 8 heteroatoms. The van der Waals surface area contributed by atoms with Crippen LogP contribution in [0.3, 0.4) is 0 Å². The highest BCUT2D eigenvalue weighted by Gasteiger charge is 2.24. The van der Waals surface area contributed by atoms with Gasteiger partial charge in [0.15, 0.2) is 5.69 Å². The molecule has 0 bridgehead atoms. The summed E-state index contributed by atoms with van der Waals surface area (Å²) in [6.07, 6.45) is 2.01. The first-order chi connectivity index (χ1) is 14.9. The van der Waals surface area contributed by atoms with E-state index >= 15 is 0 Å². The van der Waals surface area contributed by atoms with Crippen LogP contribution in [-0.4, -0.2) is 43.5 Å². The van der Waals surface area contributed by atoms with Gasteiger partial charge in [-0.1, -0.05) is 13.8 Å². The zero-order valence-corrected chi connectivity index (χ0v) is 18.1. The Labute approximate surface area is 181 Å². The summed E-state index contributed by atoms with van der Waals surface area (Å²) in [5, 5.41) is 15.1. The molecule has 1 aliphatic heterocycles. The SMILES string of the molecule is COC(=O)c1cc(OCC2CCNCC2)c(C(=N)C(C)C)c(Nc2ccc(F)cc2)n1. The lowest BCUT2D eigenvalue weighted by Crippen LogP contribution is -2.30. The number of carbonyl (C=O) groups is 1. The number of nitrogens with one attached hydrogen (secondary N) is 3. The number of piperidine rings is 1. The number of halogens is 1. The van der Waals surface area contributed by atoms with E-state index in [2.05, 4.69) is 15.6 Å². The van der Waals surface area contributed by atoms with Crippen molar-refractivity contribution in [1.29, 1.82) is 5.41 Å². The van der Waals surface area contributed by atoms with Crippen LogP contribution < -0.4 is 15.4 Å². The van der Waals surface area contributed by atoms with Crippen molar-refractivity contribution in [2.45, 2.75) is 26.7 Å². The van der Waals surface area contributed by atoms with Crippen molar-refractivity contribution in [3.63, 3.8) is 0 Å². The molecule has 1 aromatic heterocycles. The molecule has 2 aromatic rings. The number of esters is 1. The molecule has 0 radical (unpaired) electrons. The molecule has 0 spiro atoms. The number of ether oxygens (including phenoxy) is 2. The molecule has 0 amide bonds. The van der Waals surface area contributed by atoms with E-state index in [1.54, 1.807) is 12.1 Å². The second-order valence-electron chi connectivity index (χ2n) is 7.93. The number of nitrogens with zero attached hydrogens (tertiary/aromatic N) is 1. The van der Waals surface area contributed by atoms with Crippen LogP contribution in [0, 0.1) is 23.1 Å². The Morgan fingerprint density at radius 3 is 2.58 bits per heavy atom. The zero-order chi connectivity index (χ0) is 22.4. The molecule has 1 aromatic carbocycles. The maximum atomic E-state index is 13.3. The summed E-state index contributed by atoms with van der Waals surface area (Å²) in [5.41, 5.74) is 1.47. The van der Waals surface area contributed by atoms with E-state index in [1.165, 1.54) is 25.3 Å². The van der Waals surface area contributed by atoms with E-state index in [4.69, 9.17) is 14.9 Å². The van der Waals surface area contributed by atoms with Gasteiger partial charge in [-0.3, -0.25) is 0 Å². The summed E-state index contributed by atoms with van der Waals surface area (Å²) in [5.74, 6) is 0.0524. The van der Waals surface area contributed by atoms with Gasteiger partial charge >= 0.3 is 5.97 Å². The summed E-state index contributed by atoms with van der Waals surface area (Å²) in [6, 6.07) is 7.33. The van der Waals surface area contributed by atoms with Crippen molar-refractivity contribution < 1.29 is 18.7 Å². The molecule has 3 N–H and O–H groups in total. The Hall–Kier alpha value is -3.00. The summed E-state index contributed by atoms with van der Waals surface area (Å²) in [4.78, 5) is 16.7. The molecule has 0 saturated carbocycles. The average molecular weight is 429 g/mol. The van der Waals surface area contributed by atoms with E-state index in [-0.39, 0.29) is 17.4 Å². The molecular formula is C23H29FN4O3. The van der Waals surface area contributed by atoms with Crippen LogP contribution in [0.5, 0.6) is 5.75 Å². The van der Waals surface area contributed by atoms with Crippen molar-refractivity contribution in [1.82, 2.24) is 10.3 Å². The van der Waals surface area contributed by atoms with Gasteiger partial charge in [0, 0.05) is 17.5 Å². The highest BCUT2D eigenvalue weighted by Crippen LogP contribution is 2.32. The van der Waals surface area contributed by atoms with Crippen LogP contribution in [0.1, 0.15) is 42.7 Å². The molecule has 1 aliphatic rings. The van der Waals surface area contributed by atoms with E-state index in [1.807, 2.05) is 13.8 Å². The predicted molar refractivity (Wildman–Crippen MR) is 118 cm³/mol. The molecule has 7 nitrogen and oxygen atoms in total. The van der Waals surface area contributed by atoms with Crippen LogP contribution >= 0.6 is 0 Å². The van der Waals surface area contributed by atoms with Gasteiger partial charge in [0.05, 0.1) is 19.3 Å². The van der Waals surface area contributed by atoms with E-state index in [0.29, 0.717) is 41.1 Å². The highest BCUT2D eigenvalue weighted by atomic mass is 19.1. The number of aromatic nitrogens is 1. The fourth-order valence-electron chi connectivity index (χ4n) is 3.41. The number of pyridine rings is 1. The number of methoxy groups -OCH3 is 1. The predicted octanol–water partition coefficient (Wildman–Crippen LogP) is 4.15. The van der Waals surface area contributed by atoms with Gasteiger partial charge < -0.3 is 25.5 Å². The number of carbonyl (C=O) groups excluding carboxylic acids is 1. The summed E-state index contributed by atoms with van der Waals surface area (Å²) >= 11 is 0. The molecule has 0 unspecified atom stereocenters. The Bertz CT molecular complexity index is 925. The lowest BCUT2D eigenvalue weighted by molar-refractivity contribution is 0.0593. The fourth-order valence-corrected chi connectivity index (χ4v) is 3.41. The minimum absolute atomic E-state index is 0.0766. The summed E-state index contributed by atoms with van der Waals surface area (Å²) in [6.45, 7) is 6.21. The van der Waals surface area contributed by atoms with Crippen molar-refractivity contribution in [2.75, 3.05) is 32.1 Å². The molecular weight excluding hydrogens is 399 g/mol. The monoisotopic (exact) mass is 428 g/mol. The molecule has 0 atom stereocenters. The number of hydrogen-bond acceptors (Lipinski definition) is 7. The molecule has 2 heterocycles. The van der Waals surface area contributed by atoms with Gasteiger partial charge in [-0.15, -0.1) is 0 Å². The Morgan fingerprint density at radius 1 is 1.29 bits per heavy atom. The van der Waals surface area contributed by atoms with Crippen molar-refractivity contribution >= 4 is 23.2 Å². The van der Waals surface area contributed by atoms with Gasteiger partial charge in [0.2, 0.25) is 0 Å². The number of rotatable bonds is 8. The standard InChI is InChI=1S/C23H29FN4O3/c1-14(2)21(25)20-19(31-13-15-8-10-26-11-9-15)12-18(23(29)30-3)28-22(20)27-17-6-4-16(24)5-7-17/h4-7,12,14-15,25-26H,8-11,13H2,1-3H3,(H,27,28). The smallest absolute Gasteiger partial charge is 0.356 e. The van der Waals surface area contributed by atoms with Crippen LogP contribution in [0.25, 0.3) is 0 Å². The third-order valence-corrected chi connectivity index (χ3v) is 5.26. The third kappa shape index (κ3) is 5.79. The van der Waals surface area contributed by atoms with Gasteiger partial charge in [0.1, 0.15) is 17.4 Å². The molecule has 1 saturated heterocycles. The zero-order valence-electron chi connectivity index (χ0n) is 18.1. The Balaban J connectivity index is 2.02. The van der Waals surface area contributed by atoms with Crippen LogP contribution in [0.2, 0.25) is 0 Å². The normalized spacial score (nSPS) is 14.4. The minimum Gasteiger partial charge on any atom is -0.492 e. The highest BCUT2D eigenvalue weighted by molar-refractivity contribution is 6.07. The first-order valence-corrected chi connectivity index (χ1v) is 10.5. The number of benzene rings is 1. The van der Waals surface area contributed by atoms with Gasteiger partial charge in [-0.05, 0) is 62.0 Å². The van der Waals surface area contributed by atoms with E-state index in [0.717, 1.165) is 25.9 Å². The van der Waals surface area contributed by atoms with Crippen LogP contribution in [-0.2, 0) is 4.74 Å². The molecule has 0 aliphatic carbocycles. The second kappa shape index (κ2) is 10.3. The van der Waals surface area contributed by atoms with Crippen molar-refractivity contribution in [2.24, 2.45) is 11.8 Å². The summed E-state index contributed by atoms with van der Waals surface area (Å²) in [7, 11) is 1.29. The Kier molecular flexibility index (Phi) is 7.57. The maximum Gasteiger partial charge on any atom is 0.356 e. The minimum atomic E-state index is -0.600. The lowest BCUT2D eigenvalue weighted by Gasteiger charge is -2.24. The number of hydrogen-bond donors (Lipinski definition) is 3. The molecule has 3 rings (SSSR count). The second-order valence-corrected chi connectivity index (χ2v) is 7.93. The molecule has 1 fully saturated rings. The van der Waals surface area contributed by atoms with Gasteiger partial charge in [-0.25, -0.2) is 14.2 Å². The first-order valence-electron chi connectivity index (χ1n) is 10.5. The molecule has 166 valence electrons. The average Bonchev–Trinajstić information content (AvgIpc) is 2.78. The topological polar surface area (TPSA) is 96.3 Å². The van der Waals surface area contributed by atoms with Crippen LogP contribution in [0.15, 0.2) is 30.3 Å². The largest absolute Gasteiger partial charge is 0.492 e. The first kappa shape index (κ1) is 22.7. The number of anilines is 2. The molecule has 31 heavy (non-hydrogen) atoms. The van der Waals surface area contributed by atoms with Gasteiger partial charge in [-0.2, -0.15) is 0 Å². The van der Waals surface area contributed by atoms with Crippen LogP contribution in [0.4, 0.5) is 15.9 Å². The third-order valence-electron chi connectivity index (χ3n) is 5.26. The lowest BCUT2D eigenvalue weighted by atomic mass is 9.98. The van der Waals surface area contributed by atoms with Gasteiger partial charge in [0.25, 0.3) is 0 Å².